The third-order valence-electron chi connectivity index (χ3n) is 2.37. The fraction of sp³-hybridized carbons (Fsp3) is 0.875. The summed E-state index contributed by atoms with van der Waals surface area (Å²) in [6.07, 6.45) is 0.889. The van der Waals surface area contributed by atoms with Gasteiger partial charge in [-0.15, -0.1) is 12.4 Å². The normalized spacial score (nSPS) is 26.1. The van der Waals surface area contributed by atoms with Gasteiger partial charge in [-0.25, -0.2) is 0 Å². The fourth-order valence-electron chi connectivity index (χ4n) is 1.58. The van der Waals surface area contributed by atoms with Gasteiger partial charge in [0.25, 0.3) is 0 Å². The zero-order chi connectivity index (χ0) is 8.48. The molecule has 0 aromatic heterocycles. The molecule has 1 fully saturated rings. The average molecular weight is 194 g/mol. The predicted octanol–water partition coefficient (Wildman–Crippen LogP) is 0.969. The van der Waals surface area contributed by atoms with Crippen molar-refractivity contribution in [2.24, 2.45) is 5.92 Å². The van der Waals surface area contributed by atoms with Crippen molar-refractivity contribution in [2.75, 3.05) is 13.7 Å². The highest BCUT2D eigenvalue weighted by atomic mass is 35.5. The summed E-state index contributed by atoms with van der Waals surface area (Å²) in [6, 6.07) is 0. The first kappa shape index (κ1) is 11.7. The summed E-state index contributed by atoms with van der Waals surface area (Å²) in [5.41, 5.74) is -0.0902. The smallest absolute Gasteiger partial charge is 0.310 e. The van der Waals surface area contributed by atoms with Crippen molar-refractivity contribution in [1.82, 2.24) is 5.32 Å². The van der Waals surface area contributed by atoms with Gasteiger partial charge in [-0.2, -0.15) is 0 Å². The average Bonchev–Trinajstić information content (AvgIpc) is 2.28. The third-order valence-corrected chi connectivity index (χ3v) is 2.37. The van der Waals surface area contributed by atoms with E-state index in [1.54, 1.807) is 0 Å². The number of carbonyl (C=O) groups excluding carboxylic acids is 1. The Morgan fingerprint density at radius 1 is 1.58 bits per heavy atom. The summed E-state index contributed by atoms with van der Waals surface area (Å²) in [7, 11) is 1.44. The van der Waals surface area contributed by atoms with E-state index in [0.29, 0.717) is 0 Å². The molecule has 72 valence electrons. The number of rotatable bonds is 1. The van der Waals surface area contributed by atoms with Gasteiger partial charge in [-0.3, -0.25) is 4.79 Å². The third kappa shape index (κ3) is 2.11. The molecular weight excluding hydrogens is 178 g/mol. The van der Waals surface area contributed by atoms with E-state index in [-0.39, 0.29) is 29.8 Å². The Hall–Kier alpha value is -0.280. The van der Waals surface area contributed by atoms with Crippen molar-refractivity contribution in [3.63, 3.8) is 0 Å². The van der Waals surface area contributed by atoms with E-state index >= 15 is 0 Å². The number of carbonyl (C=O) groups is 1. The highest BCUT2D eigenvalue weighted by Gasteiger charge is 2.39. The molecule has 1 saturated heterocycles. The van der Waals surface area contributed by atoms with E-state index in [0.717, 1.165) is 13.0 Å². The molecule has 12 heavy (non-hydrogen) atoms. The maximum Gasteiger partial charge on any atom is 0.310 e. The van der Waals surface area contributed by atoms with Crippen LogP contribution >= 0.6 is 12.4 Å². The molecule has 1 aliphatic rings. The lowest BCUT2D eigenvalue weighted by molar-refractivity contribution is -0.146. The Morgan fingerprint density at radius 2 is 2.17 bits per heavy atom. The number of methoxy groups -OCH3 is 1. The summed E-state index contributed by atoms with van der Waals surface area (Å²) in [5, 5.41) is 3.26. The molecule has 0 aliphatic carbocycles. The quantitative estimate of drug-likeness (QED) is 0.631. The van der Waals surface area contributed by atoms with Crippen LogP contribution in [0.15, 0.2) is 0 Å². The number of halogens is 1. The molecule has 1 unspecified atom stereocenters. The Morgan fingerprint density at radius 3 is 2.50 bits per heavy atom. The minimum atomic E-state index is -0.0972. The lowest BCUT2D eigenvalue weighted by atomic mass is 9.89. The van der Waals surface area contributed by atoms with E-state index in [9.17, 15) is 4.79 Å². The van der Waals surface area contributed by atoms with Crippen molar-refractivity contribution < 1.29 is 9.53 Å². The van der Waals surface area contributed by atoms with Crippen LogP contribution in [-0.4, -0.2) is 25.2 Å². The summed E-state index contributed by atoms with van der Waals surface area (Å²) in [5.74, 6) is -0.0764. The van der Waals surface area contributed by atoms with E-state index in [2.05, 4.69) is 5.32 Å². The topological polar surface area (TPSA) is 38.3 Å². The molecule has 4 heteroatoms. The lowest BCUT2D eigenvalue weighted by Gasteiger charge is -2.24. The minimum absolute atomic E-state index is 0. The second-order valence-electron chi connectivity index (χ2n) is 3.51. The van der Waals surface area contributed by atoms with Crippen LogP contribution < -0.4 is 5.32 Å². The number of hydrogen-bond acceptors (Lipinski definition) is 3. The molecule has 0 spiro atoms. The predicted molar refractivity (Wildman–Crippen MR) is 49.5 cm³/mol. The molecule has 1 atom stereocenters. The molecule has 1 aliphatic heterocycles. The molecule has 1 N–H and O–H groups in total. The molecular formula is C8H16ClNO2. The number of ether oxygens (including phenoxy) is 1. The number of hydrogen-bond donors (Lipinski definition) is 1. The van der Waals surface area contributed by atoms with Crippen LogP contribution in [0.25, 0.3) is 0 Å². The monoisotopic (exact) mass is 193 g/mol. The molecule has 0 radical (unpaired) electrons. The Kier molecular flexibility index (Phi) is 4.00. The fourth-order valence-corrected chi connectivity index (χ4v) is 1.58. The van der Waals surface area contributed by atoms with Gasteiger partial charge in [-0.05, 0) is 26.8 Å². The molecule has 0 aromatic carbocycles. The van der Waals surface area contributed by atoms with E-state index in [1.165, 1.54) is 7.11 Å². The van der Waals surface area contributed by atoms with Crippen LogP contribution in [0, 0.1) is 5.92 Å². The first-order chi connectivity index (χ1) is 5.08. The van der Waals surface area contributed by atoms with Gasteiger partial charge in [0, 0.05) is 5.54 Å². The zero-order valence-electron chi connectivity index (χ0n) is 7.72. The Labute approximate surface area is 79.3 Å². The lowest BCUT2D eigenvalue weighted by Crippen LogP contribution is -2.41. The number of nitrogens with one attached hydrogen (secondary N) is 1. The summed E-state index contributed by atoms with van der Waals surface area (Å²) in [4.78, 5) is 11.2. The maximum atomic E-state index is 11.2. The van der Waals surface area contributed by atoms with Crippen LogP contribution in [0.4, 0.5) is 0 Å². The second kappa shape index (κ2) is 4.10. The van der Waals surface area contributed by atoms with Crippen molar-refractivity contribution in [3.8, 4) is 0 Å². The van der Waals surface area contributed by atoms with Crippen LogP contribution in [-0.2, 0) is 9.53 Å². The van der Waals surface area contributed by atoms with Crippen molar-refractivity contribution in [2.45, 2.75) is 25.8 Å². The summed E-state index contributed by atoms with van der Waals surface area (Å²) < 4.78 is 4.69. The van der Waals surface area contributed by atoms with Gasteiger partial charge in [0.05, 0.1) is 13.0 Å². The summed E-state index contributed by atoms with van der Waals surface area (Å²) >= 11 is 0. The van der Waals surface area contributed by atoms with Crippen LogP contribution in [0.3, 0.4) is 0 Å². The molecule has 1 rings (SSSR count). The van der Waals surface area contributed by atoms with Gasteiger partial charge in [0.15, 0.2) is 0 Å². The molecule has 0 aromatic rings. The van der Waals surface area contributed by atoms with Crippen molar-refractivity contribution in [1.29, 1.82) is 0 Å². The molecule has 3 nitrogen and oxygen atoms in total. The second-order valence-corrected chi connectivity index (χ2v) is 3.51. The van der Waals surface area contributed by atoms with Gasteiger partial charge >= 0.3 is 5.97 Å². The maximum absolute atomic E-state index is 11.2. The van der Waals surface area contributed by atoms with Gasteiger partial charge in [0.2, 0.25) is 0 Å². The highest BCUT2D eigenvalue weighted by Crippen LogP contribution is 2.26. The summed E-state index contributed by atoms with van der Waals surface area (Å²) in [6.45, 7) is 4.97. The van der Waals surface area contributed by atoms with E-state index < -0.39 is 0 Å². The van der Waals surface area contributed by atoms with Gasteiger partial charge in [0.1, 0.15) is 0 Å². The SMILES string of the molecule is COC(=O)C1CCNC1(C)C.Cl. The largest absolute Gasteiger partial charge is 0.469 e. The molecule has 0 saturated carbocycles. The Balaban J connectivity index is 0.00000121. The standard InChI is InChI=1S/C8H15NO2.ClH/c1-8(2)6(4-5-9-8)7(10)11-3;/h6,9H,4-5H2,1-3H3;1H. The van der Waals surface area contributed by atoms with Crippen molar-refractivity contribution in [3.05, 3.63) is 0 Å². The van der Waals surface area contributed by atoms with Crippen LogP contribution in [0.2, 0.25) is 0 Å². The molecule has 0 amide bonds. The molecule has 0 bridgehead atoms. The van der Waals surface area contributed by atoms with E-state index in [1.807, 2.05) is 13.8 Å². The van der Waals surface area contributed by atoms with Crippen LogP contribution in [0.5, 0.6) is 0 Å². The molecule has 1 heterocycles. The zero-order valence-corrected chi connectivity index (χ0v) is 8.53. The van der Waals surface area contributed by atoms with Crippen molar-refractivity contribution >= 4 is 18.4 Å². The highest BCUT2D eigenvalue weighted by molar-refractivity contribution is 5.85. The van der Waals surface area contributed by atoms with Gasteiger partial charge in [-0.1, -0.05) is 0 Å². The first-order valence-electron chi connectivity index (χ1n) is 3.91. The number of esters is 1. The van der Waals surface area contributed by atoms with Gasteiger partial charge < -0.3 is 10.1 Å². The Bertz CT molecular complexity index is 170. The minimum Gasteiger partial charge on any atom is -0.469 e. The van der Waals surface area contributed by atoms with E-state index in [4.69, 9.17) is 4.74 Å². The first-order valence-corrected chi connectivity index (χ1v) is 3.91. The van der Waals surface area contributed by atoms with Crippen LogP contribution in [0.1, 0.15) is 20.3 Å².